The van der Waals surface area contributed by atoms with Gasteiger partial charge in [0.2, 0.25) is 0 Å². The van der Waals surface area contributed by atoms with Crippen LogP contribution in [0.25, 0.3) is 11.0 Å². The highest BCUT2D eigenvalue weighted by Gasteiger charge is 2.25. The molecule has 0 aromatic carbocycles. The van der Waals surface area contributed by atoms with Crippen LogP contribution in [0.15, 0.2) is 22.9 Å². The Morgan fingerprint density at radius 1 is 1.50 bits per heavy atom. The first-order valence-corrected chi connectivity index (χ1v) is 7.06. The van der Waals surface area contributed by atoms with E-state index in [1.165, 1.54) is 0 Å². The normalized spacial score (nSPS) is 22.2. The number of aromatic nitrogens is 2. The molecule has 0 saturated carbocycles. The maximum atomic E-state index is 10.5. The van der Waals surface area contributed by atoms with E-state index in [0.29, 0.717) is 0 Å². The molecule has 0 amide bonds. The zero-order chi connectivity index (χ0) is 12.5. The predicted molar refractivity (Wildman–Crippen MR) is 74.3 cm³/mol. The Hall–Kier alpha value is -0.910. The molecule has 1 saturated heterocycles. The van der Waals surface area contributed by atoms with Crippen LogP contribution >= 0.6 is 15.9 Å². The summed E-state index contributed by atoms with van der Waals surface area (Å²) in [6.45, 7) is 1.94. The van der Waals surface area contributed by atoms with Crippen LogP contribution in [-0.2, 0) is 0 Å². The molecule has 2 aromatic heterocycles. The number of nitrogens with zero attached hydrogens (tertiary/aromatic N) is 1. The minimum absolute atomic E-state index is 0.289. The molecule has 0 aliphatic carbocycles. The quantitative estimate of drug-likeness (QED) is 0.798. The molecule has 1 aliphatic heterocycles. The second-order valence-electron chi connectivity index (χ2n) is 4.84. The van der Waals surface area contributed by atoms with Crippen LogP contribution in [0.2, 0.25) is 0 Å². The van der Waals surface area contributed by atoms with Crippen LogP contribution in [-0.4, -0.2) is 28.2 Å². The van der Waals surface area contributed by atoms with Crippen molar-refractivity contribution in [3.63, 3.8) is 0 Å². The first-order valence-electron chi connectivity index (χ1n) is 6.27. The number of rotatable bonds is 2. The number of fused-ring (bicyclic) bond motifs is 1. The Morgan fingerprint density at radius 2 is 2.39 bits per heavy atom. The van der Waals surface area contributed by atoms with Crippen molar-refractivity contribution in [2.24, 2.45) is 5.92 Å². The van der Waals surface area contributed by atoms with Gasteiger partial charge in [-0.2, -0.15) is 0 Å². The summed E-state index contributed by atoms with van der Waals surface area (Å²) in [4.78, 5) is 7.42. The third-order valence-corrected chi connectivity index (χ3v) is 4.06. The van der Waals surface area contributed by atoms with Gasteiger partial charge in [-0.3, -0.25) is 0 Å². The fourth-order valence-electron chi connectivity index (χ4n) is 2.65. The third-order valence-electron chi connectivity index (χ3n) is 3.63. The number of aromatic amines is 1. The lowest BCUT2D eigenvalue weighted by Crippen LogP contribution is -2.33. The van der Waals surface area contributed by atoms with Crippen molar-refractivity contribution in [2.75, 3.05) is 13.1 Å². The van der Waals surface area contributed by atoms with Crippen molar-refractivity contribution in [3.05, 3.63) is 28.5 Å². The summed E-state index contributed by atoms with van der Waals surface area (Å²) in [6, 6.07) is 2.01. The van der Waals surface area contributed by atoms with Gasteiger partial charge in [0.15, 0.2) is 0 Å². The van der Waals surface area contributed by atoms with E-state index in [4.69, 9.17) is 0 Å². The number of halogens is 1. The summed E-state index contributed by atoms with van der Waals surface area (Å²) in [5.41, 5.74) is 1.78. The smallest absolute Gasteiger partial charge is 0.137 e. The van der Waals surface area contributed by atoms with Crippen molar-refractivity contribution in [1.29, 1.82) is 0 Å². The van der Waals surface area contributed by atoms with E-state index in [-0.39, 0.29) is 5.92 Å². The SMILES string of the molecule is OC(c1c[nH]c2ncc(Br)cc12)C1CCCNC1. The molecule has 18 heavy (non-hydrogen) atoms. The molecule has 2 unspecified atom stereocenters. The molecule has 2 aromatic rings. The maximum Gasteiger partial charge on any atom is 0.137 e. The molecule has 0 spiro atoms. The van der Waals surface area contributed by atoms with Crippen LogP contribution in [0.5, 0.6) is 0 Å². The summed E-state index contributed by atoms with van der Waals surface area (Å²) in [5, 5.41) is 14.9. The van der Waals surface area contributed by atoms with Crippen molar-refractivity contribution in [1.82, 2.24) is 15.3 Å². The number of hydrogen-bond acceptors (Lipinski definition) is 3. The average molecular weight is 310 g/mol. The standard InChI is InChI=1S/C13H16BrN3O/c14-9-4-10-11(7-17-13(10)16-6-9)12(18)8-2-1-3-15-5-8/h4,6-8,12,15,18H,1-3,5H2,(H,16,17). The van der Waals surface area contributed by atoms with Gasteiger partial charge in [-0.1, -0.05) is 0 Å². The molecule has 3 heterocycles. The molecule has 0 bridgehead atoms. The molecule has 96 valence electrons. The van der Waals surface area contributed by atoms with E-state index >= 15 is 0 Å². The van der Waals surface area contributed by atoms with Gasteiger partial charge >= 0.3 is 0 Å². The van der Waals surface area contributed by atoms with Crippen LogP contribution in [0.3, 0.4) is 0 Å². The zero-order valence-corrected chi connectivity index (χ0v) is 11.6. The van der Waals surface area contributed by atoms with Crippen molar-refractivity contribution in [2.45, 2.75) is 18.9 Å². The van der Waals surface area contributed by atoms with Gasteiger partial charge in [-0.05, 0) is 41.4 Å². The molecular weight excluding hydrogens is 294 g/mol. The summed E-state index contributed by atoms with van der Waals surface area (Å²) in [6.07, 6.45) is 5.41. The van der Waals surface area contributed by atoms with E-state index in [2.05, 4.69) is 31.2 Å². The van der Waals surface area contributed by atoms with Crippen LogP contribution in [0.1, 0.15) is 24.5 Å². The fourth-order valence-corrected chi connectivity index (χ4v) is 2.98. The number of hydrogen-bond donors (Lipinski definition) is 3. The Labute approximate surface area is 114 Å². The van der Waals surface area contributed by atoms with Crippen molar-refractivity contribution >= 4 is 27.0 Å². The molecule has 1 aliphatic rings. The molecule has 3 N–H and O–H groups in total. The Bertz CT molecular complexity index is 548. The molecule has 0 radical (unpaired) electrons. The van der Waals surface area contributed by atoms with E-state index < -0.39 is 6.10 Å². The number of nitrogens with one attached hydrogen (secondary N) is 2. The lowest BCUT2D eigenvalue weighted by atomic mass is 9.89. The highest BCUT2D eigenvalue weighted by molar-refractivity contribution is 9.10. The minimum Gasteiger partial charge on any atom is -0.388 e. The lowest BCUT2D eigenvalue weighted by Gasteiger charge is -2.27. The van der Waals surface area contributed by atoms with Gasteiger partial charge in [0.05, 0.1) is 6.10 Å². The molecular formula is C13H16BrN3O. The largest absolute Gasteiger partial charge is 0.388 e. The summed E-state index contributed by atoms with van der Waals surface area (Å²) < 4.78 is 0.935. The molecule has 3 rings (SSSR count). The van der Waals surface area contributed by atoms with E-state index in [1.54, 1.807) is 6.20 Å². The summed E-state index contributed by atoms with van der Waals surface area (Å²) in [7, 11) is 0. The van der Waals surface area contributed by atoms with Crippen molar-refractivity contribution in [3.8, 4) is 0 Å². The van der Waals surface area contributed by atoms with Crippen LogP contribution < -0.4 is 5.32 Å². The van der Waals surface area contributed by atoms with E-state index in [1.807, 2.05) is 12.3 Å². The number of pyridine rings is 1. The first kappa shape index (κ1) is 12.1. The fraction of sp³-hybridized carbons (Fsp3) is 0.462. The van der Waals surface area contributed by atoms with Crippen molar-refractivity contribution < 1.29 is 5.11 Å². The van der Waals surface area contributed by atoms with Gasteiger partial charge in [0.25, 0.3) is 0 Å². The van der Waals surface area contributed by atoms with E-state index in [9.17, 15) is 5.11 Å². The highest BCUT2D eigenvalue weighted by Crippen LogP contribution is 2.32. The molecule has 4 nitrogen and oxygen atoms in total. The lowest BCUT2D eigenvalue weighted by molar-refractivity contribution is 0.0934. The number of aliphatic hydroxyl groups excluding tert-OH is 1. The monoisotopic (exact) mass is 309 g/mol. The highest BCUT2D eigenvalue weighted by atomic mass is 79.9. The number of H-pyrrole nitrogens is 1. The Balaban J connectivity index is 1.95. The number of piperidine rings is 1. The Kier molecular flexibility index (Phi) is 3.37. The topological polar surface area (TPSA) is 60.9 Å². The number of aliphatic hydroxyl groups is 1. The van der Waals surface area contributed by atoms with Gasteiger partial charge < -0.3 is 15.4 Å². The van der Waals surface area contributed by atoms with Crippen LogP contribution in [0.4, 0.5) is 0 Å². The van der Waals surface area contributed by atoms with Gasteiger partial charge in [0.1, 0.15) is 5.65 Å². The molecule has 2 atom stereocenters. The second kappa shape index (κ2) is 4.99. The van der Waals surface area contributed by atoms with Crippen LogP contribution in [0, 0.1) is 5.92 Å². The van der Waals surface area contributed by atoms with E-state index in [0.717, 1.165) is 47.0 Å². The first-order chi connectivity index (χ1) is 8.75. The Morgan fingerprint density at radius 3 is 3.17 bits per heavy atom. The van der Waals surface area contributed by atoms with Gasteiger partial charge in [-0.25, -0.2) is 4.98 Å². The summed E-state index contributed by atoms with van der Waals surface area (Å²) >= 11 is 3.43. The predicted octanol–water partition coefficient (Wildman–Crippen LogP) is 2.36. The molecule has 1 fully saturated rings. The average Bonchev–Trinajstić information content (AvgIpc) is 2.82. The zero-order valence-electron chi connectivity index (χ0n) is 9.99. The minimum atomic E-state index is -0.428. The maximum absolute atomic E-state index is 10.5. The molecule has 5 heteroatoms. The second-order valence-corrected chi connectivity index (χ2v) is 5.76. The van der Waals surface area contributed by atoms with Gasteiger partial charge in [0, 0.05) is 40.3 Å². The van der Waals surface area contributed by atoms with Gasteiger partial charge in [-0.15, -0.1) is 0 Å². The third kappa shape index (κ3) is 2.18. The summed E-state index contributed by atoms with van der Waals surface area (Å²) in [5.74, 6) is 0.289.